The lowest BCUT2D eigenvalue weighted by atomic mass is 10.0. The van der Waals surface area contributed by atoms with Crippen LogP contribution in [0.5, 0.6) is 0 Å². The fourth-order valence-corrected chi connectivity index (χ4v) is 2.28. The third kappa shape index (κ3) is 3.78. The highest BCUT2D eigenvalue weighted by Gasteiger charge is 2.17. The van der Waals surface area contributed by atoms with Gasteiger partial charge in [0.15, 0.2) is 5.82 Å². The van der Waals surface area contributed by atoms with Gasteiger partial charge in [0.05, 0.1) is 12.1 Å². The Morgan fingerprint density at radius 2 is 2.33 bits per heavy atom. The third-order valence-corrected chi connectivity index (χ3v) is 3.37. The van der Waals surface area contributed by atoms with Crippen molar-refractivity contribution in [2.24, 2.45) is 5.73 Å². The molecule has 0 saturated carbocycles. The first-order valence-electron chi connectivity index (χ1n) is 6.99. The van der Waals surface area contributed by atoms with E-state index in [-0.39, 0.29) is 6.04 Å². The van der Waals surface area contributed by atoms with Crippen LogP contribution in [0.25, 0.3) is 0 Å². The van der Waals surface area contributed by atoms with Gasteiger partial charge >= 0.3 is 0 Å². The standard InChI is InChI=1S/C13H23N3O2/c1-2-5-11(14)13-15-12(18-16-13)8-7-10-6-3-4-9-17-10/h10-11H,2-9,14H2,1H3. The molecule has 2 heterocycles. The largest absolute Gasteiger partial charge is 0.378 e. The molecule has 1 aromatic rings. The van der Waals surface area contributed by atoms with Gasteiger partial charge in [0.1, 0.15) is 0 Å². The summed E-state index contributed by atoms with van der Waals surface area (Å²) in [5.41, 5.74) is 5.95. The normalized spacial score (nSPS) is 22.0. The molecule has 2 N–H and O–H groups in total. The number of nitrogens with zero attached hydrogens (tertiary/aromatic N) is 2. The number of aromatic nitrogens is 2. The summed E-state index contributed by atoms with van der Waals surface area (Å²) in [6, 6.07) is -0.0987. The van der Waals surface area contributed by atoms with E-state index in [1.165, 1.54) is 12.8 Å². The number of aryl methyl sites for hydroxylation is 1. The van der Waals surface area contributed by atoms with Crippen LogP contribution in [0, 0.1) is 0 Å². The van der Waals surface area contributed by atoms with E-state index in [0.29, 0.717) is 17.8 Å². The molecule has 0 amide bonds. The summed E-state index contributed by atoms with van der Waals surface area (Å²) in [5, 5.41) is 3.95. The summed E-state index contributed by atoms with van der Waals surface area (Å²) in [6.45, 7) is 2.99. The minimum atomic E-state index is -0.0987. The predicted molar refractivity (Wildman–Crippen MR) is 68.0 cm³/mol. The van der Waals surface area contributed by atoms with Gasteiger partial charge < -0.3 is 15.0 Å². The van der Waals surface area contributed by atoms with Gasteiger partial charge in [-0.25, -0.2) is 0 Å². The summed E-state index contributed by atoms with van der Waals surface area (Å²) in [6.07, 6.45) is 7.63. The lowest BCUT2D eigenvalue weighted by Crippen LogP contribution is -2.19. The van der Waals surface area contributed by atoms with Crippen LogP contribution in [0.2, 0.25) is 0 Å². The fraction of sp³-hybridized carbons (Fsp3) is 0.846. The maximum atomic E-state index is 5.95. The third-order valence-electron chi connectivity index (χ3n) is 3.37. The van der Waals surface area contributed by atoms with E-state index in [0.717, 1.165) is 38.7 Å². The van der Waals surface area contributed by atoms with E-state index in [1.54, 1.807) is 0 Å². The fourth-order valence-electron chi connectivity index (χ4n) is 2.28. The van der Waals surface area contributed by atoms with Crippen LogP contribution in [0.1, 0.15) is 63.2 Å². The molecule has 1 aliphatic rings. The van der Waals surface area contributed by atoms with Crippen LogP contribution >= 0.6 is 0 Å². The summed E-state index contributed by atoms with van der Waals surface area (Å²) in [5.74, 6) is 1.32. The summed E-state index contributed by atoms with van der Waals surface area (Å²) in [7, 11) is 0. The molecule has 1 fully saturated rings. The molecule has 2 unspecified atom stereocenters. The minimum Gasteiger partial charge on any atom is -0.378 e. The highest BCUT2D eigenvalue weighted by Crippen LogP contribution is 2.18. The number of hydrogen-bond acceptors (Lipinski definition) is 5. The number of ether oxygens (including phenoxy) is 1. The van der Waals surface area contributed by atoms with Gasteiger partial charge in [-0.05, 0) is 32.1 Å². The Balaban J connectivity index is 1.79. The second-order valence-corrected chi connectivity index (χ2v) is 4.97. The van der Waals surface area contributed by atoms with E-state index in [9.17, 15) is 0 Å². The van der Waals surface area contributed by atoms with Gasteiger partial charge in [0.2, 0.25) is 5.89 Å². The van der Waals surface area contributed by atoms with Crippen LogP contribution in [0.15, 0.2) is 4.52 Å². The monoisotopic (exact) mass is 253 g/mol. The average molecular weight is 253 g/mol. The molecular formula is C13H23N3O2. The quantitative estimate of drug-likeness (QED) is 0.842. The Labute approximate surface area is 108 Å². The zero-order valence-electron chi connectivity index (χ0n) is 11.1. The molecule has 5 heteroatoms. The first-order valence-corrected chi connectivity index (χ1v) is 6.99. The first-order chi connectivity index (χ1) is 8.79. The van der Waals surface area contributed by atoms with Crippen molar-refractivity contribution < 1.29 is 9.26 Å². The van der Waals surface area contributed by atoms with Crippen molar-refractivity contribution in [1.82, 2.24) is 10.1 Å². The van der Waals surface area contributed by atoms with Crippen LogP contribution < -0.4 is 5.73 Å². The number of hydrogen-bond donors (Lipinski definition) is 1. The van der Waals surface area contributed by atoms with Crippen molar-refractivity contribution in [1.29, 1.82) is 0 Å². The van der Waals surface area contributed by atoms with Crippen molar-refractivity contribution in [3.63, 3.8) is 0 Å². The van der Waals surface area contributed by atoms with Gasteiger partial charge in [0, 0.05) is 13.0 Å². The van der Waals surface area contributed by atoms with Crippen molar-refractivity contribution in [3.8, 4) is 0 Å². The highest BCUT2D eigenvalue weighted by molar-refractivity contribution is 4.93. The predicted octanol–water partition coefficient (Wildman–Crippen LogP) is 2.37. The lowest BCUT2D eigenvalue weighted by molar-refractivity contribution is 0.0104. The first kappa shape index (κ1) is 13.5. The molecule has 1 aromatic heterocycles. The maximum absolute atomic E-state index is 5.95. The summed E-state index contributed by atoms with van der Waals surface area (Å²) < 4.78 is 10.9. The van der Waals surface area contributed by atoms with E-state index in [2.05, 4.69) is 17.1 Å². The molecular weight excluding hydrogens is 230 g/mol. The van der Waals surface area contributed by atoms with Gasteiger partial charge in [-0.15, -0.1) is 0 Å². The molecule has 18 heavy (non-hydrogen) atoms. The van der Waals surface area contributed by atoms with E-state index in [1.807, 2.05) is 0 Å². The number of rotatable bonds is 6. The van der Waals surface area contributed by atoms with Gasteiger partial charge in [-0.1, -0.05) is 18.5 Å². The molecule has 5 nitrogen and oxygen atoms in total. The van der Waals surface area contributed by atoms with Crippen molar-refractivity contribution in [3.05, 3.63) is 11.7 Å². The zero-order chi connectivity index (χ0) is 12.8. The second-order valence-electron chi connectivity index (χ2n) is 4.97. The molecule has 0 bridgehead atoms. The molecule has 0 radical (unpaired) electrons. The summed E-state index contributed by atoms with van der Waals surface area (Å²) >= 11 is 0. The van der Waals surface area contributed by atoms with E-state index in [4.69, 9.17) is 15.0 Å². The van der Waals surface area contributed by atoms with Gasteiger partial charge in [-0.3, -0.25) is 0 Å². The van der Waals surface area contributed by atoms with Crippen LogP contribution in [-0.4, -0.2) is 22.9 Å². The average Bonchev–Trinajstić information content (AvgIpc) is 2.87. The molecule has 1 aliphatic heterocycles. The smallest absolute Gasteiger partial charge is 0.226 e. The van der Waals surface area contributed by atoms with Crippen LogP contribution in [-0.2, 0) is 11.2 Å². The second kappa shape index (κ2) is 6.85. The Hall–Kier alpha value is -0.940. The van der Waals surface area contributed by atoms with Crippen LogP contribution in [0.4, 0.5) is 0 Å². The summed E-state index contributed by atoms with van der Waals surface area (Å²) in [4.78, 5) is 4.35. The molecule has 2 atom stereocenters. The lowest BCUT2D eigenvalue weighted by Gasteiger charge is -2.21. The topological polar surface area (TPSA) is 74.2 Å². The molecule has 0 aliphatic carbocycles. The Bertz CT molecular complexity index is 348. The van der Waals surface area contributed by atoms with Gasteiger partial charge in [-0.2, -0.15) is 4.98 Å². The SMILES string of the molecule is CCCC(N)c1noc(CCC2CCCCO2)n1. The molecule has 102 valence electrons. The van der Waals surface area contributed by atoms with E-state index < -0.39 is 0 Å². The molecule has 0 spiro atoms. The van der Waals surface area contributed by atoms with Gasteiger partial charge in [0.25, 0.3) is 0 Å². The minimum absolute atomic E-state index is 0.0987. The van der Waals surface area contributed by atoms with Crippen molar-refractivity contribution in [2.45, 2.75) is 64.0 Å². The molecule has 0 aromatic carbocycles. The van der Waals surface area contributed by atoms with E-state index >= 15 is 0 Å². The van der Waals surface area contributed by atoms with Crippen molar-refractivity contribution >= 4 is 0 Å². The van der Waals surface area contributed by atoms with Crippen molar-refractivity contribution in [2.75, 3.05) is 6.61 Å². The Morgan fingerprint density at radius 1 is 1.44 bits per heavy atom. The highest BCUT2D eigenvalue weighted by atomic mass is 16.5. The molecule has 1 saturated heterocycles. The Kier molecular flexibility index (Phi) is 5.13. The Morgan fingerprint density at radius 3 is 3.06 bits per heavy atom. The molecule has 2 rings (SSSR count). The number of nitrogens with two attached hydrogens (primary N) is 1. The van der Waals surface area contributed by atoms with Crippen LogP contribution in [0.3, 0.4) is 0 Å². The maximum Gasteiger partial charge on any atom is 0.226 e. The zero-order valence-corrected chi connectivity index (χ0v) is 11.1.